The maximum atomic E-state index is 12.6. The number of hydrogen-bond acceptors (Lipinski definition) is 4. The van der Waals surface area contributed by atoms with Crippen LogP contribution in [-0.4, -0.2) is 40.9 Å². The number of carbonyl (C=O) groups is 2. The fraction of sp³-hybridized carbons (Fsp3) is 0.278. The quantitative estimate of drug-likeness (QED) is 0.908. The summed E-state index contributed by atoms with van der Waals surface area (Å²) in [5, 5.41) is 0.667. The second-order valence-corrected chi connectivity index (χ2v) is 6.29. The Morgan fingerprint density at radius 3 is 2.48 bits per heavy atom. The van der Waals surface area contributed by atoms with Gasteiger partial charge in [0, 0.05) is 42.7 Å². The molecule has 7 heteroatoms. The summed E-state index contributed by atoms with van der Waals surface area (Å²) >= 11 is 5.86. The molecule has 2 amide bonds. The minimum absolute atomic E-state index is 0.0591. The highest BCUT2D eigenvalue weighted by Crippen LogP contribution is 2.22. The van der Waals surface area contributed by atoms with Crippen LogP contribution in [0.1, 0.15) is 33.7 Å². The molecule has 1 saturated heterocycles. The zero-order valence-electron chi connectivity index (χ0n) is 13.5. The summed E-state index contributed by atoms with van der Waals surface area (Å²) in [6.07, 6.45) is 2.96. The van der Waals surface area contributed by atoms with Crippen LogP contribution in [0.15, 0.2) is 42.6 Å². The first-order valence-corrected chi connectivity index (χ1v) is 8.38. The highest BCUT2D eigenvalue weighted by Gasteiger charge is 2.25. The monoisotopic (exact) mass is 359 g/mol. The molecule has 1 aliphatic rings. The number of benzene rings is 1. The Hall–Kier alpha value is -2.60. The Bertz CT molecular complexity index is 771. The summed E-state index contributed by atoms with van der Waals surface area (Å²) < 4.78 is 5.93. The van der Waals surface area contributed by atoms with Crippen LogP contribution in [0.2, 0.25) is 5.02 Å². The molecule has 0 radical (unpaired) electrons. The third kappa shape index (κ3) is 4.28. The molecule has 1 aliphatic heterocycles. The van der Waals surface area contributed by atoms with Gasteiger partial charge in [0.1, 0.15) is 17.5 Å². The Balaban J connectivity index is 1.58. The molecule has 0 spiro atoms. The standard InChI is InChI=1S/C18H18ClN3O3/c19-13-1-3-14(4-2-13)25-15-6-9-22(10-7-15)18(24)12-5-8-21-16(11-12)17(20)23/h1-5,8,11,15H,6-7,9-10H2,(H2,20,23). The smallest absolute Gasteiger partial charge is 0.267 e. The zero-order chi connectivity index (χ0) is 17.8. The minimum Gasteiger partial charge on any atom is -0.490 e. The van der Waals surface area contributed by atoms with Crippen molar-refractivity contribution in [2.75, 3.05) is 13.1 Å². The van der Waals surface area contributed by atoms with Crippen molar-refractivity contribution in [3.05, 3.63) is 58.9 Å². The van der Waals surface area contributed by atoms with Crippen molar-refractivity contribution < 1.29 is 14.3 Å². The van der Waals surface area contributed by atoms with E-state index in [2.05, 4.69) is 4.98 Å². The van der Waals surface area contributed by atoms with Gasteiger partial charge in [-0.1, -0.05) is 11.6 Å². The van der Waals surface area contributed by atoms with Crippen molar-refractivity contribution in [1.82, 2.24) is 9.88 Å². The lowest BCUT2D eigenvalue weighted by atomic mass is 10.1. The molecule has 2 N–H and O–H groups in total. The number of halogens is 1. The second-order valence-electron chi connectivity index (χ2n) is 5.86. The van der Waals surface area contributed by atoms with Crippen molar-refractivity contribution in [2.45, 2.75) is 18.9 Å². The first kappa shape index (κ1) is 17.2. The lowest BCUT2D eigenvalue weighted by Gasteiger charge is -2.32. The molecule has 130 valence electrons. The van der Waals surface area contributed by atoms with Crippen LogP contribution in [0.5, 0.6) is 5.75 Å². The van der Waals surface area contributed by atoms with Crippen LogP contribution < -0.4 is 10.5 Å². The van der Waals surface area contributed by atoms with Gasteiger partial charge in [-0.3, -0.25) is 14.6 Å². The molecule has 25 heavy (non-hydrogen) atoms. The highest BCUT2D eigenvalue weighted by atomic mass is 35.5. The number of carbonyl (C=O) groups excluding carboxylic acids is 2. The Morgan fingerprint density at radius 1 is 1.16 bits per heavy atom. The van der Waals surface area contributed by atoms with E-state index >= 15 is 0 Å². The van der Waals surface area contributed by atoms with Crippen LogP contribution in [-0.2, 0) is 0 Å². The third-order valence-corrected chi connectivity index (χ3v) is 4.36. The molecule has 0 aliphatic carbocycles. The van der Waals surface area contributed by atoms with Gasteiger partial charge in [-0.2, -0.15) is 0 Å². The fourth-order valence-electron chi connectivity index (χ4n) is 2.76. The molecular formula is C18H18ClN3O3. The number of pyridine rings is 1. The molecular weight excluding hydrogens is 342 g/mol. The molecule has 0 atom stereocenters. The van der Waals surface area contributed by atoms with Gasteiger partial charge >= 0.3 is 0 Å². The number of amides is 2. The van der Waals surface area contributed by atoms with Crippen LogP contribution >= 0.6 is 11.6 Å². The number of aromatic nitrogens is 1. The normalized spacial score (nSPS) is 15.0. The predicted octanol–water partition coefficient (Wildman–Crippen LogP) is 2.52. The summed E-state index contributed by atoms with van der Waals surface area (Å²) in [5.41, 5.74) is 5.72. The molecule has 0 bridgehead atoms. The molecule has 6 nitrogen and oxygen atoms in total. The zero-order valence-corrected chi connectivity index (χ0v) is 14.3. The van der Waals surface area contributed by atoms with E-state index in [0.717, 1.165) is 18.6 Å². The van der Waals surface area contributed by atoms with Gasteiger partial charge in [0.25, 0.3) is 11.8 Å². The maximum Gasteiger partial charge on any atom is 0.267 e. The van der Waals surface area contributed by atoms with Crippen molar-refractivity contribution in [1.29, 1.82) is 0 Å². The summed E-state index contributed by atoms with van der Waals surface area (Å²) in [6, 6.07) is 10.3. The summed E-state index contributed by atoms with van der Waals surface area (Å²) in [4.78, 5) is 29.4. The molecule has 3 rings (SSSR count). The summed E-state index contributed by atoms with van der Waals surface area (Å²) in [5.74, 6) is -0.00558. The topological polar surface area (TPSA) is 85.5 Å². The van der Waals surface area contributed by atoms with Gasteiger partial charge in [-0.25, -0.2) is 0 Å². The second kappa shape index (κ2) is 7.53. The van der Waals surface area contributed by atoms with E-state index < -0.39 is 5.91 Å². The molecule has 2 heterocycles. The van der Waals surface area contributed by atoms with Crippen molar-refractivity contribution >= 4 is 23.4 Å². The first-order chi connectivity index (χ1) is 12.0. The van der Waals surface area contributed by atoms with Crippen molar-refractivity contribution in [2.24, 2.45) is 5.73 Å². The van der Waals surface area contributed by atoms with Gasteiger partial charge in [0.05, 0.1) is 0 Å². The molecule has 2 aromatic rings. The Labute approximate surface area is 150 Å². The van der Waals surface area contributed by atoms with Crippen molar-refractivity contribution in [3.8, 4) is 5.75 Å². The van der Waals surface area contributed by atoms with Crippen LogP contribution in [0, 0.1) is 0 Å². The molecule has 1 fully saturated rings. The SMILES string of the molecule is NC(=O)c1cc(C(=O)N2CCC(Oc3ccc(Cl)cc3)CC2)ccn1. The number of primary amides is 1. The van der Waals surface area contributed by atoms with Gasteiger partial charge in [-0.05, 0) is 36.4 Å². The number of nitrogens with zero attached hydrogens (tertiary/aromatic N) is 2. The van der Waals surface area contributed by atoms with E-state index in [1.165, 1.54) is 12.3 Å². The number of nitrogens with two attached hydrogens (primary N) is 1. The Morgan fingerprint density at radius 2 is 1.84 bits per heavy atom. The number of rotatable bonds is 4. The van der Waals surface area contributed by atoms with E-state index in [9.17, 15) is 9.59 Å². The Kier molecular flexibility index (Phi) is 5.19. The third-order valence-electron chi connectivity index (χ3n) is 4.10. The van der Waals surface area contributed by atoms with Crippen LogP contribution in [0.25, 0.3) is 0 Å². The average molecular weight is 360 g/mol. The van der Waals surface area contributed by atoms with E-state index in [4.69, 9.17) is 22.1 Å². The van der Waals surface area contributed by atoms with Gasteiger partial charge in [0.2, 0.25) is 0 Å². The van der Waals surface area contributed by atoms with E-state index in [0.29, 0.717) is 23.7 Å². The van der Waals surface area contributed by atoms with E-state index in [-0.39, 0.29) is 17.7 Å². The minimum atomic E-state index is -0.648. The number of ether oxygens (including phenoxy) is 1. The van der Waals surface area contributed by atoms with E-state index in [1.807, 2.05) is 12.1 Å². The highest BCUT2D eigenvalue weighted by molar-refractivity contribution is 6.30. The van der Waals surface area contributed by atoms with E-state index in [1.54, 1.807) is 23.1 Å². The maximum absolute atomic E-state index is 12.6. The van der Waals surface area contributed by atoms with Crippen molar-refractivity contribution in [3.63, 3.8) is 0 Å². The summed E-state index contributed by atoms with van der Waals surface area (Å²) in [6.45, 7) is 1.18. The lowest BCUT2D eigenvalue weighted by Crippen LogP contribution is -2.41. The molecule has 1 aromatic carbocycles. The summed E-state index contributed by atoms with van der Waals surface area (Å²) in [7, 11) is 0. The first-order valence-electron chi connectivity index (χ1n) is 8.00. The fourth-order valence-corrected chi connectivity index (χ4v) is 2.89. The van der Waals surface area contributed by atoms with Crippen LogP contribution in [0.3, 0.4) is 0 Å². The number of piperidine rings is 1. The lowest BCUT2D eigenvalue weighted by molar-refractivity contribution is 0.0595. The number of likely N-dealkylation sites (tertiary alicyclic amines) is 1. The average Bonchev–Trinajstić information content (AvgIpc) is 2.64. The van der Waals surface area contributed by atoms with Gasteiger partial charge in [0.15, 0.2) is 0 Å². The number of hydrogen-bond donors (Lipinski definition) is 1. The molecule has 1 aromatic heterocycles. The van der Waals surface area contributed by atoms with Crippen LogP contribution in [0.4, 0.5) is 0 Å². The van der Waals surface area contributed by atoms with Gasteiger partial charge < -0.3 is 15.4 Å². The molecule has 0 saturated carbocycles. The predicted molar refractivity (Wildman–Crippen MR) is 93.8 cm³/mol. The largest absolute Gasteiger partial charge is 0.490 e. The molecule has 0 unspecified atom stereocenters. The van der Waals surface area contributed by atoms with Gasteiger partial charge in [-0.15, -0.1) is 0 Å².